The first-order valence-electron chi connectivity index (χ1n) is 8.41. The van der Waals surface area contributed by atoms with Gasteiger partial charge in [-0.3, -0.25) is 0 Å². The van der Waals surface area contributed by atoms with Crippen molar-refractivity contribution < 1.29 is 0 Å². The highest BCUT2D eigenvalue weighted by Gasteiger charge is 2.20. The second-order valence-electron chi connectivity index (χ2n) is 6.18. The van der Waals surface area contributed by atoms with Gasteiger partial charge in [-0.25, -0.2) is 4.98 Å². The first-order chi connectivity index (χ1) is 11.3. The van der Waals surface area contributed by atoms with Crippen molar-refractivity contribution in [3.8, 4) is 0 Å². The second kappa shape index (κ2) is 7.92. The summed E-state index contributed by atoms with van der Waals surface area (Å²) in [6, 6.07) is 12.8. The molecule has 5 nitrogen and oxygen atoms in total. The topological polar surface area (TPSA) is 67.1 Å². The van der Waals surface area contributed by atoms with Crippen molar-refractivity contribution in [3.63, 3.8) is 0 Å². The number of likely N-dealkylation sites (tertiary alicyclic amines) is 1. The summed E-state index contributed by atoms with van der Waals surface area (Å²) in [5.74, 6) is 1.15. The van der Waals surface area contributed by atoms with Crippen molar-refractivity contribution in [1.82, 2.24) is 14.9 Å². The number of piperidine rings is 1. The van der Waals surface area contributed by atoms with E-state index in [9.17, 15) is 0 Å². The van der Waals surface area contributed by atoms with Crippen LogP contribution in [0.4, 0.5) is 11.8 Å². The molecule has 1 aromatic carbocycles. The molecule has 2 aromatic rings. The molecule has 1 aromatic heterocycles. The zero-order chi connectivity index (χ0) is 15.9. The van der Waals surface area contributed by atoms with E-state index in [1.54, 1.807) is 12.3 Å². The Morgan fingerprint density at radius 2 is 2.09 bits per heavy atom. The Bertz CT molecular complexity index is 601. The van der Waals surface area contributed by atoms with Gasteiger partial charge in [0.15, 0.2) is 0 Å². The van der Waals surface area contributed by atoms with Gasteiger partial charge in [0.25, 0.3) is 0 Å². The van der Waals surface area contributed by atoms with Gasteiger partial charge in [-0.1, -0.05) is 30.3 Å². The van der Waals surface area contributed by atoms with E-state index in [-0.39, 0.29) is 0 Å². The summed E-state index contributed by atoms with van der Waals surface area (Å²) in [4.78, 5) is 11.0. The number of benzene rings is 1. The van der Waals surface area contributed by atoms with Crippen LogP contribution in [-0.4, -0.2) is 40.5 Å². The minimum Gasteiger partial charge on any atom is -0.384 e. The van der Waals surface area contributed by atoms with Gasteiger partial charge in [0.05, 0.1) is 0 Å². The van der Waals surface area contributed by atoms with Crippen LogP contribution in [0.15, 0.2) is 42.6 Å². The van der Waals surface area contributed by atoms with Gasteiger partial charge < -0.3 is 16.0 Å². The molecule has 2 heterocycles. The summed E-state index contributed by atoms with van der Waals surface area (Å²) in [5.41, 5.74) is 7.13. The van der Waals surface area contributed by atoms with Crippen LogP contribution in [0, 0.1) is 0 Å². The molecule has 3 N–H and O–H groups in total. The summed E-state index contributed by atoms with van der Waals surface area (Å²) in [5, 5.41) is 3.42. The predicted octanol–water partition coefficient (Wildman–Crippen LogP) is 2.57. The van der Waals surface area contributed by atoms with Crippen molar-refractivity contribution in [2.24, 2.45) is 0 Å². The average Bonchev–Trinajstić information content (AvgIpc) is 2.56. The third-order valence-corrected chi connectivity index (χ3v) is 4.30. The Morgan fingerprint density at radius 3 is 2.91 bits per heavy atom. The lowest BCUT2D eigenvalue weighted by Crippen LogP contribution is -2.42. The molecule has 1 fully saturated rings. The molecular formula is C18H25N5. The molecule has 0 bridgehead atoms. The summed E-state index contributed by atoms with van der Waals surface area (Å²) in [7, 11) is 0. The lowest BCUT2D eigenvalue weighted by molar-refractivity contribution is 0.214. The smallest absolute Gasteiger partial charge is 0.224 e. The molecule has 0 unspecified atom stereocenters. The Balaban J connectivity index is 1.44. The monoisotopic (exact) mass is 311 g/mol. The molecule has 0 aliphatic carbocycles. The Kier molecular flexibility index (Phi) is 5.42. The van der Waals surface area contributed by atoms with Gasteiger partial charge in [0.1, 0.15) is 5.82 Å². The minimum absolute atomic E-state index is 0.405. The number of nitrogen functional groups attached to an aromatic ring is 1. The van der Waals surface area contributed by atoms with Crippen LogP contribution < -0.4 is 11.1 Å². The average molecular weight is 311 g/mol. The maximum Gasteiger partial charge on any atom is 0.224 e. The van der Waals surface area contributed by atoms with E-state index >= 15 is 0 Å². The van der Waals surface area contributed by atoms with E-state index in [0.29, 0.717) is 17.8 Å². The highest BCUT2D eigenvalue weighted by atomic mass is 15.2. The third-order valence-electron chi connectivity index (χ3n) is 4.30. The molecule has 122 valence electrons. The second-order valence-corrected chi connectivity index (χ2v) is 6.18. The molecule has 23 heavy (non-hydrogen) atoms. The fourth-order valence-electron chi connectivity index (χ4n) is 3.15. The van der Waals surface area contributed by atoms with Gasteiger partial charge in [-0.05, 0) is 50.4 Å². The molecule has 3 rings (SSSR count). The van der Waals surface area contributed by atoms with E-state index in [0.717, 1.165) is 25.9 Å². The number of hydrogen-bond acceptors (Lipinski definition) is 5. The highest BCUT2D eigenvalue weighted by Crippen LogP contribution is 2.15. The Hall–Kier alpha value is -2.14. The maximum atomic E-state index is 5.71. The van der Waals surface area contributed by atoms with Crippen molar-refractivity contribution in [2.45, 2.75) is 31.7 Å². The molecule has 0 radical (unpaired) electrons. The minimum atomic E-state index is 0.405. The molecule has 5 heteroatoms. The first-order valence-corrected chi connectivity index (χ1v) is 8.41. The number of nitrogens with two attached hydrogens (primary N) is 1. The summed E-state index contributed by atoms with van der Waals surface area (Å²) in [6.45, 7) is 3.38. The van der Waals surface area contributed by atoms with E-state index in [2.05, 4.69) is 50.5 Å². The van der Waals surface area contributed by atoms with E-state index < -0.39 is 0 Å². The van der Waals surface area contributed by atoms with Crippen LogP contribution in [0.2, 0.25) is 0 Å². The number of anilines is 2. The van der Waals surface area contributed by atoms with Crippen LogP contribution >= 0.6 is 0 Å². The number of nitrogens with zero attached hydrogens (tertiary/aromatic N) is 3. The molecule has 0 saturated carbocycles. The summed E-state index contributed by atoms with van der Waals surface area (Å²) < 4.78 is 0. The van der Waals surface area contributed by atoms with Crippen molar-refractivity contribution in [1.29, 1.82) is 0 Å². The van der Waals surface area contributed by atoms with Crippen LogP contribution in [0.1, 0.15) is 24.8 Å². The quantitative estimate of drug-likeness (QED) is 0.858. The van der Waals surface area contributed by atoms with Crippen molar-refractivity contribution >= 4 is 11.8 Å². The predicted molar refractivity (Wildman–Crippen MR) is 94.3 cm³/mol. The van der Waals surface area contributed by atoms with E-state index in [1.807, 2.05) is 0 Å². The number of nitrogens with one attached hydrogen (secondary N) is 1. The van der Waals surface area contributed by atoms with Crippen molar-refractivity contribution in [3.05, 3.63) is 48.2 Å². The van der Waals surface area contributed by atoms with Crippen LogP contribution in [-0.2, 0) is 6.42 Å². The molecule has 0 spiro atoms. The zero-order valence-electron chi connectivity index (χ0n) is 13.5. The molecule has 1 saturated heterocycles. The fraction of sp³-hybridized carbons (Fsp3) is 0.444. The third kappa shape index (κ3) is 4.93. The lowest BCUT2D eigenvalue weighted by atomic mass is 10.0. The van der Waals surface area contributed by atoms with Crippen molar-refractivity contribution in [2.75, 3.05) is 30.7 Å². The Morgan fingerprint density at radius 1 is 1.22 bits per heavy atom. The van der Waals surface area contributed by atoms with Gasteiger partial charge in [-0.15, -0.1) is 0 Å². The molecule has 1 atom stereocenters. The van der Waals surface area contributed by atoms with E-state index in [1.165, 1.54) is 24.9 Å². The van der Waals surface area contributed by atoms with Crippen LogP contribution in [0.5, 0.6) is 0 Å². The van der Waals surface area contributed by atoms with Gasteiger partial charge >= 0.3 is 0 Å². The van der Waals surface area contributed by atoms with Crippen LogP contribution in [0.3, 0.4) is 0 Å². The lowest BCUT2D eigenvalue weighted by Gasteiger charge is -2.33. The summed E-state index contributed by atoms with van der Waals surface area (Å²) >= 11 is 0. The number of hydrogen-bond donors (Lipinski definition) is 2. The SMILES string of the molecule is Nc1ccnc(N[C@@H]2CCCN(CCCc3ccccc3)C2)n1. The number of aromatic nitrogens is 2. The van der Waals surface area contributed by atoms with Gasteiger partial charge in [0.2, 0.25) is 5.95 Å². The molecule has 1 aliphatic heterocycles. The zero-order valence-corrected chi connectivity index (χ0v) is 13.5. The van der Waals surface area contributed by atoms with E-state index in [4.69, 9.17) is 5.73 Å². The molecule has 0 amide bonds. The maximum absolute atomic E-state index is 5.71. The molecule has 1 aliphatic rings. The number of rotatable bonds is 6. The fourth-order valence-corrected chi connectivity index (χ4v) is 3.15. The van der Waals surface area contributed by atoms with Gasteiger partial charge in [0, 0.05) is 18.8 Å². The number of aryl methyl sites for hydroxylation is 1. The van der Waals surface area contributed by atoms with Gasteiger partial charge in [-0.2, -0.15) is 4.98 Å². The first kappa shape index (κ1) is 15.7. The Labute approximate surface area is 137 Å². The summed E-state index contributed by atoms with van der Waals surface area (Å²) in [6.07, 6.45) is 6.42. The van der Waals surface area contributed by atoms with Crippen LogP contribution in [0.25, 0.3) is 0 Å². The molecular weight excluding hydrogens is 286 g/mol. The standard InChI is InChI=1S/C18H25N5/c19-17-10-11-20-18(22-17)21-16-9-5-13-23(14-16)12-4-8-15-6-2-1-3-7-15/h1-3,6-7,10-11,16H,4-5,8-9,12-14H2,(H3,19,20,21,22)/t16-/m1/s1. The normalized spacial score (nSPS) is 18.7. The largest absolute Gasteiger partial charge is 0.384 e. The highest BCUT2D eigenvalue weighted by molar-refractivity contribution is 5.35.